The van der Waals surface area contributed by atoms with Crippen LogP contribution in [0.25, 0.3) is 11.3 Å². The number of hydrogen-bond acceptors (Lipinski definition) is 6. The van der Waals surface area contributed by atoms with E-state index in [1.807, 2.05) is 17.5 Å². The molecule has 0 saturated carbocycles. The van der Waals surface area contributed by atoms with Gasteiger partial charge in [-0.3, -0.25) is 9.59 Å². The van der Waals surface area contributed by atoms with Crippen molar-refractivity contribution >= 4 is 46.0 Å². The fourth-order valence-electron chi connectivity index (χ4n) is 2.54. The molecule has 27 heavy (non-hydrogen) atoms. The van der Waals surface area contributed by atoms with Gasteiger partial charge in [0.25, 0.3) is 5.91 Å². The molecular formula is C18H13ClN4O2S2. The van der Waals surface area contributed by atoms with E-state index in [9.17, 15) is 9.59 Å². The zero-order chi connectivity index (χ0) is 18.8. The van der Waals surface area contributed by atoms with E-state index in [-0.39, 0.29) is 11.5 Å². The quantitative estimate of drug-likeness (QED) is 0.508. The fourth-order valence-corrected chi connectivity index (χ4v) is 4.20. The fraction of sp³-hybridized carbons (Fsp3) is 0.0556. The van der Waals surface area contributed by atoms with E-state index in [2.05, 4.69) is 15.4 Å². The van der Waals surface area contributed by atoms with Gasteiger partial charge in [0, 0.05) is 34.2 Å². The predicted octanol–water partition coefficient (Wildman–Crippen LogP) is 4.32. The second kappa shape index (κ2) is 7.51. The number of thiophene rings is 2. The van der Waals surface area contributed by atoms with Crippen LogP contribution < -0.4 is 10.9 Å². The average Bonchev–Trinajstić information content (AvgIpc) is 3.40. The molecule has 0 aliphatic rings. The normalized spacial score (nSPS) is 10.9. The molecule has 4 heterocycles. The molecule has 0 atom stereocenters. The Bertz CT molecular complexity index is 1140. The summed E-state index contributed by atoms with van der Waals surface area (Å²) in [5.41, 5.74) is 1.51. The van der Waals surface area contributed by atoms with Crippen molar-refractivity contribution in [1.29, 1.82) is 0 Å². The lowest BCUT2D eigenvalue weighted by molar-refractivity contribution is 0.0948. The standard InChI is InChI=1S/C18H13ClN4O2S2/c19-15-2-1-13(27-15)9-21-16-8-14(11-3-5-20-17(24)7-11)22-23(16)18(25)12-4-6-26-10-12/h1-8,10,21H,9H2,(H,20,24). The number of rotatable bonds is 5. The number of hydrogen-bond donors (Lipinski definition) is 2. The molecule has 4 aromatic heterocycles. The number of carbonyl (C=O) groups excluding carboxylic acids is 1. The molecule has 0 aromatic carbocycles. The highest BCUT2D eigenvalue weighted by Gasteiger charge is 2.18. The summed E-state index contributed by atoms with van der Waals surface area (Å²) in [5.74, 6) is 0.310. The minimum Gasteiger partial charge on any atom is -0.365 e. The lowest BCUT2D eigenvalue weighted by Gasteiger charge is -2.07. The molecule has 0 fully saturated rings. The Morgan fingerprint density at radius 3 is 2.85 bits per heavy atom. The van der Waals surface area contributed by atoms with Crippen molar-refractivity contribution in [2.45, 2.75) is 6.54 Å². The van der Waals surface area contributed by atoms with E-state index in [1.165, 1.54) is 33.4 Å². The van der Waals surface area contributed by atoms with Gasteiger partial charge in [0.05, 0.1) is 22.1 Å². The third-order valence-electron chi connectivity index (χ3n) is 3.81. The van der Waals surface area contributed by atoms with Gasteiger partial charge in [-0.2, -0.15) is 21.1 Å². The first-order valence-corrected chi connectivity index (χ1v) is 10.1. The second-order valence-corrected chi connectivity index (χ2v) is 8.22. The summed E-state index contributed by atoms with van der Waals surface area (Å²) in [6.07, 6.45) is 1.55. The molecule has 4 aromatic rings. The molecule has 0 radical (unpaired) electrons. The number of nitrogens with one attached hydrogen (secondary N) is 2. The van der Waals surface area contributed by atoms with Crippen molar-refractivity contribution in [2.75, 3.05) is 5.32 Å². The van der Waals surface area contributed by atoms with E-state index < -0.39 is 0 Å². The van der Waals surface area contributed by atoms with Crippen LogP contribution in [0.2, 0.25) is 4.34 Å². The van der Waals surface area contributed by atoms with Crippen LogP contribution in [0.4, 0.5) is 5.82 Å². The summed E-state index contributed by atoms with van der Waals surface area (Å²) in [6.45, 7) is 0.509. The second-order valence-electron chi connectivity index (χ2n) is 5.64. The zero-order valence-corrected chi connectivity index (χ0v) is 16.2. The van der Waals surface area contributed by atoms with Gasteiger partial charge >= 0.3 is 0 Å². The lowest BCUT2D eigenvalue weighted by atomic mass is 10.2. The van der Waals surface area contributed by atoms with Gasteiger partial charge in [-0.25, -0.2) is 0 Å². The summed E-state index contributed by atoms with van der Waals surface area (Å²) < 4.78 is 2.03. The number of halogens is 1. The number of nitrogens with zero attached hydrogens (tertiary/aromatic N) is 2. The van der Waals surface area contributed by atoms with Gasteiger partial charge in [-0.05, 0) is 29.6 Å². The van der Waals surface area contributed by atoms with Gasteiger partial charge in [-0.1, -0.05) is 11.6 Å². The summed E-state index contributed by atoms with van der Waals surface area (Å²) in [5, 5.41) is 11.3. The van der Waals surface area contributed by atoms with Gasteiger partial charge in [0.1, 0.15) is 5.82 Å². The van der Waals surface area contributed by atoms with E-state index in [1.54, 1.807) is 29.8 Å². The van der Waals surface area contributed by atoms with Crippen LogP contribution >= 0.6 is 34.3 Å². The molecule has 0 aliphatic heterocycles. The number of aromatic amines is 1. The lowest BCUT2D eigenvalue weighted by Crippen LogP contribution is -2.16. The molecule has 4 rings (SSSR count). The molecule has 6 nitrogen and oxygen atoms in total. The Morgan fingerprint density at radius 2 is 2.15 bits per heavy atom. The van der Waals surface area contributed by atoms with Crippen LogP contribution in [-0.4, -0.2) is 20.7 Å². The van der Waals surface area contributed by atoms with Gasteiger partial charge < -0.3 is 10.3 Å². The Labute approximate surface area is 167 Å². The van der Waals surface area contributed by atoms with Crippen LogP contribution in [0.1, 0.15) is 15.2 Å². The average molecular weight is 417 g/mol. The molecule has 2 N–H and O–H groups in total. The highest BCUT2D eigenvalue weighted by Crippen LogP contribution is 2.25. The molecular weight excluding hydrogens is 404 g/mol. The molecule has 0 amide bonds. The third kappa shape index (κ3) is 3.87. The molecule has 0 saturated heterocycles. The van der Waals surface area contributed by atoms with E-state index >= 15 is 0 Å². The van der Waals surface area contributed by atoms with Gasteiger partial charge in [0.2, 0.25) is 5.56 Å². The third-order valence-corrected chi connectivity index (χ3v) is 5.73. The van der Waals surface area contributed by atoms with Crippen molar-refractivity contribution in [1.82, 2.24) is 14.8 Å². The molecule has 0 aliphatic carbocycles. The first kappa shape index (κ1) is 17.7. The van der Waals surface area contributed by atoms with Crippen molar-refractivity contribution < 1.29 is 4.79 Å². The van der Waals surface area contributed by atoms with Crippen LogP contribution in [0.15, 0.2) is 58.1 Å². The predicted molar refractivity (Wildman–Crippen MR) is 109 cm³/mol. The first-order chi connectivity index (χ1) is 13.1. The highest BCUT2D eigenvalue weighted by atomic mass is 35.5. The monoisotopic (exact) mass is 416 g/mol. The number of pyridine rings is 1. The Kier molecular flexibility index (Phi) is 4.93. The molecule has 136 valence electrons. The maximum absolute atomic E-state index is 12.8. The summed E-state index contributed by atoms with van der Waals surface area (Å²) in [4.78, 5) is 28.1. The zero-order valence-electron chi connectivity index (χ0n) is 13.8. The number of anilines is 1. The van der Waals surface area contributed by atoms with Crippen LogP contribution in [0.5, 0.6) is 0 Å². The Hall–Kier alpha value is -2.68. The van der Waals surface area contributed by atoms with Crippen molar-refractivity contribution in [2.24, 2.45) is 0 Å². The Morgan fingerprint density at radius 1 is 1.26 bits per heavy atom. The van der Waals surface area contributed by atoms with E-state index in [0.29, 0.717) is 33.5 Å². The largest absolute Gasteiger partial charge is 0.365 e. The topological polar surface area (TPSA) is 79.8 Å². The molecule has 9 heteroatoms. The van der Waals surface area contributed by atoms with Crippen LogP contribution in [0, 0.1) is 0 Å². The maximum Gasteiger partial charge on any atom is 0.280 e. The Balaban J connectivity index is 1.70. The van der Waals surface area contributed by atoms with Gasteiger partial charge in [0.15, 0.2) is 0 Å². The van der Waals surface area contributed by atoms with E-state index in [4.69, 9.17) is 11.6 Å². The molecule has 0 spiro atoms. The first-order valence-electron chi connectivity index (χ1n) is 7.94. The van der Waals surface area contributed by atoms with Crippen molar-refractivity contribution in [3.63, 3.8) is 0 Å². The summed E-state index contributed by atoms with van der Waals surface area (Å²) >= 11 is 8.89. The van der Waals surface area contributed by atoms with E-state index in [0.717, 1.165) is 4.88 Å². The van der Waals surface area contributed by atoms with Crippen molar-refractivity contribution in [3.8, 4) is 11.3 Å². The highest BCUT2D eigenvalue weighted by molar-refractivity contribution is 7.16. The maximum atomic E-state index is 12.8. The molecule has 0 unspecified atom stereocenters. The van der Waals surface area contributed by atoms with Crippen LogP contribution in [-0.2, 0) is 6.54 Å². The number of carbonyl (C=O) groups is 1. The van der Waals surface area contributed by atoms with Crippen LogP contribution in [0.3, 0.4) is 0 Å². The number of H-pyrrole nitrogens is 1. The molecule has 0 bridgehead atoms. The number of aromatic nitrogens is 3. The minimum atomic E-state index is -0.237. The minimum absolute atomic E-state index is 0.228. The summed E-state index contributed by atoms with van der Waals surface area (Å²) in [7, 11) is 0. The SMILES string of the molecule is O=C(c1ccsc1)n1nc(-c2cc[nH]c(=O)c2)cc1NCc1ccc(Cl)s1. The van der Waals surface area contributed by atoms with Crippen molar-refractivity contribution in [3.05, 3.63) is 78.5 Å². The smallest absolute Gasteiger partial charge is 0.280 e. The summed E-state index contributed by atoms with van der Waals surface area (Å²) in [6, 6.07) is 10.5. The van der Waals surface area contributed by atoms with Gasteiger partial charge in [-0.15, -0.1) is 11.3 Å².